The SMILES string of the molecule is CN(Cc1ccccc1)S(=O)(=O)c1cccc(F)c1CN. The van der Waals surface area contributed by atoms with Crippen molar-refractivity contribution in [3.8, 4) is 0 Å². The lowest BCUT2D eigenvalue weighted by molar-refractivity contribution is 0.464. The molecule has 21 heavy (non-hydrogen) atoms. The van der Waals surface area contributed by atoms with E-state index in [0.717, 1.165) is 5.56 Å². The zero-order valence-corrected chi connectivity index (χ0v) is 12.5. The molecule has 0 radical (unpaired) electrons. The van der Waals surface area contributed by atoms with E-state index in [9.17, 15) is 12.8 Å². The maximum Gasteiger partial charge on any atom is 0.243 e. The van der Waals surface area contributed by atoms with Crippen LogP contribution in [0.3, 0.4) is 0 Å². The van der Waals surface area contributed by atoms with Gasteiger partial charge in [0.2, 0.25) is 10.0 Å². The molecular weight excluding hydrogens is 291 g/mol. The first kappa shape index (κ1) is 15.6. The molecule has 0 saturated heterocycles. The topological polar surface area (TPSA) is 63.4 Å². The van der Waals surface area contributed by atoms with Gasteiger partial charge in [-0.15, -0.1) is 0 Å². The lowest BCUT2D eigenvalue weighted by atomic mass is 10.2. The Hall–Kier alpha value is -1.76. The van der Waals surface area contributed by atoms with Crippen molar-refractivity contribution in [2.24, 2.45) is 5.73 Å². The Balaban J connectivity index is 2.36. The van der Waals surface area contributed by atoms with E-state index in [1.807, 2.05) is 30.3 Å². The van der Waals surface area contributed by atoms with Gasteiger partial charge in [0.15, 0.2) is 0 Å². The smallest absolute Gasteiger partial charge is 0.243 e. The van der Waals surface area contributed by atoms with Crippen LogP contribution in [0, 0.1) is 5.82 Å². The highest BCUT2D eigenvalue weighted by Gasteiger charge is 2.25. The zero-order valence-electron chi connectivity index (χ0n) is 11.7. The second kappa shape index (κ2) is 6.34. The Morgan fingerprint density at radius 2 is 1.76 bits per heavy atom. The molecule has 0 amide bonds. The van der Waals surface area contributed by atoms with Gasteiger partial charge in [-0.2, -0.15) is 4.31 Å². The molecule has 112 valence electrons. The van der Waals surface area contributed by atoms with Crippen molar-refractivity contribution >= 4 is 10.0 Å². The highest BCUT2D eigenvalue weighted by atomic mass is 32.2. The fraction of sp³-hybridized carbons (Fsp3) is 0.200. The van der Waals surface area contributed by atoms with Crippen LogP contribution in [0.1, 0.15) is 11.1 Å². The summed E-state index contributed by atoms with van der Waals surface area (Å²) in [5.41, 5.74) is 6.35. The van der Waals surface area contributed by atoms with Gasteiger partial charge >= 0.3 is 0 Å². The molecule has 2 N–H and O–H groups in total. The fourth-order valence-corrected chi connectivity index (χ4v) is 3.47. The minimum Gasteiger partial charge on any atom is -0.326 e. The standard InChI is InChI=1S/C15H17FN2O2S/c1-18(11-12-6-3-2-4-7-12)21(19,20)15-9-5-8-14(16)13(15)10-17/h2-9H,10-11,17H2,1H3. The highest BCUT2D eigenvalue weighted by molar-refractivity contribution is 7.89. The van der Waals surface area contributed by atoms with Gasteiger partial charge in [0, 0.05) is 25.7 Å². The fourth-order valence-electron chi connectivity index (χ4n) is 2.07. The summed E-state index contributed by atoms with van der Waals surface area (Å²) in [7, 11) is -2.32. The summed E-state index contributed by atoms with van der Waals surface area (Å²) < 4.78 is 40.0. The van der Waals surface area contributed by atoms with Crippen molar-refractivity contribution in [3.63, 3.8) is 0 Å². The molecular formula is C15H17FN2O2S. The van der Waals surface area contributed by atoms with Crippen molar-refractivity contribution in [2.45, 2.75) is 18.0 Å². The van der Waals surface area contributed by atoms with Crippen molar-refractivity contribution < 1.29 is 12.8 Å². The molecule has 0 aliphatic heterocycles. The molecule has 0 unspecified atom stereocenters. The molecule has 2 aromatic rings. The first-order valence-corrected chi connectivity index (χ1v) is 7.88. The molecule has 0 spiro atoms. The molecule has 0 fully saturated rings. The normalized spacial score (nSPS) is 11.8. The highest BCUT2D eigenvalue weighted by Crippen LogP contribution is 2.22. The van der Waals surface area contributed by atoms with E-state index in [4.69, 9.17) is 5.73 Å². The number of hydrogen-bond donors (Lipinski definition) is 1. The minimum atomic E-state index is -3.79. The third-order valence-electron chi connectivity index (χ3n) is 3.22. The van der Waals surface area contributed by atoms with E-state index < -0.39 is 15.8 Å². The van der Waals surface area contributed by atoms with Crippen molar-refractivity contribution in [1.29, 1.82) is 0 Å². The third-order valence-corrected chi connectivity index (χ3v) is 5.10. The summed E-state index contributed by atoms with van der Waals surface area (Å²) in [4.78, 5) is -0.0802. The van der Waals surface area contributed by atoms with Crippen LogP contribution in [0.2, 0.25) is 0 Å². The first-order valence-electron chi connectivity index (χ1n) is 6.44. The number of sulfonamides is 1. The van der Waals surface area contributed by atoms with E-state index in [-0.39, 0.29) is 23.5 Å². The quantitative estimate of drug-likeness (QED) is 0.920. The Morgan fingerprint density at radius 1 is 1.10 bits per heavy atom. The van der Waals surface area contributed by atoms with E-state index >= 15 is 0 Å². The molecule has 2 aromatic carbocycles. The molecule has 0 saturated carbocycles. The van der Waals surface area contributed by atoms with Crippen molar-refractivity contribution in [2.75, 3.05) is 7.05 Å². The number of halogens is 1. The Morgan fingerprint density at radius 3 is 2.38 bits per heavy atom. The molecule has 0 bridgehead atoms. The summed E-state index contributed by atoms with van der Waals surface area (Å²) >= 11 is 0. The summed E-state index contributed by atoms with van der Waals surface area (Å²) in [6.07, 6.45) is 0. The molecule has 0 aromatic heterocycles. The summed E-state index contributed by atoms with van der Waals surface area (Å²) in [6.45, 7) is 0.0457. The second-order valence-corrected chi connectivity index (χ2v) is 6.68. The van der Waals surface area contributed by atoms with Crippen LogP contribution in [-0.4, -0.2) is 19.8 Å². The number of nitrogens with zero attached hydrogens (tertiary/aromatic N) is 1. The van der Waals surface area contributed by atoms with E-state index in [1.54, 1.807) is 0 Å². The summed E-state index contributed by atoms with van der Waals surface area (Å²) in [6, 6.07) is 13.2. The predicted molar refractivity (Wildman–Crippen MR) is 79.4 cm³/mol. The van der Waals surface area contributed by atoms with Crippen LogP contribution in [0.5, 0.6) is 0 Å². The number of nitrogens with two attached hydrogens (primary N) is 1. The number of rotatable bonds is 5. The van der Waals surface area contributed by atoms with Crippen LogP contribution < -0.4 is 5.73 Å². The maximum absolute atomic E-state index is 13.7. The van der Waals surface area contributed by atoms with Gasteiger partial charge in [0.1, 0.15) is 5.82 Å². The predicted octanol–water partition coefficient (Wildman–Crippen LogP) is 2.11. The van der Waals surface area contributed by atoms with Crippen LogP contribution in [-0.2, 0) is 23.1 Å². The molecule has 0 aliphatic carbocycles. The van der Waals surface area contributed by atoms with Crippen LogP contribution in [0.4, 0.5) is 4.39 Å². The lowest BCUT2D eigenvalue weighted by Crippen LogP contribution is -2.28. The molecule has 0 aliphatic rings. The van der Waals surface area contributed by atoms with Crippen LogP contribution in [0.25, 0.3) is 0 Å². The van der Waals surface area contributed by atoms with Gasteiger partial charge < -0.3 is 5.73 Å². The van der Waals surface area contributed by atoms with Gasteiger partial charge in [-0.25, -0.2) is 12.8 Å². The van der Waals surface area contributed by atoms with Gasteiger partial charge in [-0.1, -0.05) is 36.4 Å². The summed E-state index contributed by atoms with van der Waals surface area (Å²) in [5.74, 6) is -0.605. The summed E-state index contributed by atoms with van der Waals surface area (Å²) in [5, 5.41) is 0. The minimum absolute atomic E-state index is 0.0115. The Labute approximate surface area is 124 Å². The van der Waals surface area contributed by atoms with Crippen molar-refractivity contribution in [1.82, 2.24) is 4.31 Å². The van der Waals surface area contributed by atoms with Gasteiger partial charge in [0.05, 0.1) is 4.90 Å². The largest absolute Gasteiger partial charge is 0.326 e. The van der Waals surface area contributed by atoms with E-state index in [2.05, 4.69) is 0 Å². The van der Waals surface area contributed by atoms with E-state index in [0.29, 0.717) is 0 Å². The molecule has 0 heterocycles. The van der Waals surface area contributed by atoms with Crippen LogP contribution in [0.15, 0.2) is 53.4 Å². The lowest BCUT2D eigenvalue weighted by Gasteiger charge is -2.19. The van der Waals surface area contributed by atoms with Gasteiger partial charge in [0.25, 0.3) is 0 Å². The Kier molecular flexibility index (Phi) is 4.72. The van der Waals surface area contributed by atoms with Crippen LogP contribution >= 0.6 is 0 Å². The zero-order chi connectivity index (χ0) is 15.5. The average Bonchev–Trinajstić information content (AvgIpc) is 2.48. The maximum atomic E-state index is 13.7. The molecule has 0 atom stereocenters. The first-order chi connectivity index (χ1) is 9.96. The molecule has 6 heteroatoms. The number of hydrogen-bond acceptors (Lipinski definition) is 3. The average molecular weight is 308 g/mol. The van der Waals surface area contributed by atoms with E-state index in [1.165, 1.54) is 29.6 Å². The third kappa shape index (κ3) is 3.29. The van der Waals surface area contributed by atoms with Gasteiger partial charge in [-0.3, -0.25) is 0 Å². The van der Waals surface area contributed by atoms with Crippen molar-refractivity contribution in [3.05, 3.63) is 65.5 Å². The monoisotopic (exact) mass is 308 g/mol. The second-order valence-electron chi connectivity index (χ2n) is 4.67. The number of benzene rings is 2. The Bertz CT molecular complexity index is 718. The molecule has 4 nitrogen and oxygen atoms in total. The molecule has 2 rings (SSSR count). The van der Waals surface area contributed by atoms with Gasteiger partial charge in [-0.05, 0) is 17.7 Å².